The van der Waals surface area contributed by atoms with Crippen LogP contribution in [0.3, 0.4) is 0 Å². The van der Waals surface area contributed by atoms with Crippen molar-refractivity contribution in [3.8, 4) is 34.9 Å². The lowest BCUT2D eigenvalue weighted by Crippen LogP contribution is -2.24. The predicted octanol–water partition coefficient (Wildman–Crippen LogP) is 7.33. The molecule has 240 valence electrons. The van der Waals surface area contributed by atoms with Crippen LogP contribution in [0.5, 0.6) is 28.9 Å². The normalized spacial score (nSPS) is 12.3. The molecule has 0 saturated heterocycles. The van der Waals surface area contributed by atoms with Gasteiger partial charge in [-0.05, 0) is 48.0 Å². The average molecular weight is 666 g/mol. The smallest absolute Gasteiger partial charge is 0.337 e. The van der Waals surface area contributed by atoms with Gasteiger partial charge in [-0.15, -0.1) is 0 Å². The fourth-order valence-electron chi connectivity index (χ4n) is 4.67. The number of nitriles is 1. The zero-order chi connectivity index (χ0) is 33.6. The number of aliphatic imine (C=N–C) groups is 1. The number of likely N-dealkylation sites (N-methyl/N-ethyl adjacent to an activating group) is 1. The Hall–Kier alpha value is -6.00. The highest BCUT2D eigenvalue weighted by Gasteiger charge is 2.25. The third-order valence-electron chi connectivity index (χ3n) is 7.08. The van der Waals surface area contributed by atoms with Gasteiger partial charge in [-0.25, -0.2) is 19.2 Å². The molecule has 3 heterocycles. The van der Waals surface area contributed by atoms with Crippen LogP contribution in [-0.4, -0.2) is 51.9 Å². The first-order valence-corrected chi connectivity index (χ1v) is 15.3. The Labute approximate surface area is 277 Å². The molecular weight excluding hydrogens is 640 g/mol. The van der Waals surface area contributed by atoms with E-state index in [0.717, 1.165) is 11.8 Å². The summed E-state index contributed by atoms with van der Waals surface area (Å²) in [7, 11) is 1.84. The molecule has 0 radical (unpaired) electrons. The van der Waals surface area contributed by atoms with Gasteiger partial charge in [0.2, 0.25) is 11.6 Å². The summed E-state index contributed by atoms with van der Waals surface area (Å²) in [6.45, 7) is 1.33. The number of aromatic carboxylic acids is 1. The van der Waals surface area contributed by atoms with Crippen molar-refractivity contribution >= 4 is 23.6 Å². The van der Waals surface area contributed by atoms with Gasteiger partial charge < -0.3 is 24.2 Å². The molecule has 0 bridgehead atoms. The molecule has 0 spiro atoms. The van der Waals surface area contributed by atoms with Crippen molar-refractivity contribution in [3.05, 3.63) is 125 Å². The molecule has 0 saturated carbocycles. The Balaban J connectivity index is 1.30. The quantitative estimate of drug-likeness (QED) is 0.153. The maximum Gasteiger partial charge on any atom is 0.337 e. The number of benzene rings is 3. The van der Waals surface area contributed by atoms with Crippen LogP contribution in [0.15, 0.2) is 106 Å². The lowest BCUT2D eigenvalue weighted by Gasteiger charge is -2.19. The van der Waals surface area contributed by atoms with Crippen molar-refractivity contribution in [3.63, 3.8) is 0 Å². The highest BCUT2D eigenvalue weighted by atomic mass is 32.2. The molecule has 2 aromatic heterocycles. The molecule has 0 aliphatic carbocycles. The highest BCUT2D eigenvalue weighted by molar-refractivity contribution is 7.99. The van der Waals surface area contributed by atoms with Crippen molar-refractivity contribution in [2.75, 3.05) is 20.1 Å². The van der Waals surface area contributed by atoms with Crippen LogP contribution in [0, 0.1) is 23.0 Å². The molecule has 0 amide bonds. The van der Waals surface area contributed by atoms with Gasteiger partial charge in [0.25, 0.3) is 5.88 Å². The van der Waals surface area contributed by atoms with Gasteiger partial charge in [-0.1, -0.05) is 42.1 Å². The summed E-state index contributed by atoms with van der Waals surface area (Å²) in [5.41, 5.74) is 1.63. The molecule has 0 fully saturated rings. The summed E-state index contributed by atoms with van der Waals surface area (Å²) < 4.78 is 48.7. The molecule has 1 aliphatic rings. The van der Waals surface area contributed by atoms with Crippen LogP contribution in [0.4, 0.5) is 8.78 Å². The van der Waals surface area contributed by atoms with Gasteiger partial charge in [-0.2, -0.15) is 9.65 Å². The van der Waals surface area contributed by atoms with Crippen LogP contribution in [0.25, 0.3) is 0 Å². The standard InChI is InChI=1S/C35H25F2N5O5S/c1-42-14-13-39-33(42)25-16-24(48-30-12-8-23(18-40-30)35(43)44)9-11-27(25)46-32-26(36)19-41-34(31(32)37)47-29-15-22(17-38)7-10-28(29)45-20-21-5-3-2-4-6-21/h2-12,15-16,18-19H,13-14,20H2,1H3,(H,43,44). The average Bonchev–Trinajstić information content (AvgIpc) is 3.53. The summed E-state index contributed by atoms with van der Waals surface area (Å²) in [4.78, 5) is 26.4. The number of amidine groups is 1. The van der Waals surface area contributed by atoms with Gasteiger partial charge in [0.05, 0.1) is 35.5 Å². The summed E-state index contributed by atoms with van der Waals surface area (Å²) in [6, 6.07) is 23.8. The SMILES string of the molecule is CN1CCN=C1c1cc(Sc2ccc(C(=O)O)cn2)ccc1Oc1c(F)cnc(Oc2cc(C#N)ccc2OCc2ccccc2)c1F. The minimum absolute atomic E-state index is 0.00272. The summed E-state index contributed by atoms with van der Waals surface area (Å²) in [5, 5.41) is 19.2. The van der Waals surface area contributed by atoms with Gasteiger partial charge in [0.15, 0.2) is 17.3 Å². The van der Waals surface area contributed by atoms with E-state index in [9.17, 15) is 10.1 Å². The predicted molar refractivity (Wildman–Crippen MR) is 172 cm³/mol. The van der Waals surface area contributed by atoms with E-state index in [0.29, 0.717) is 34.4 Å². The number of ether oxygens (including phenoxy) is 3. The van der Waals surface area contributed by atoms with Crippen LogP contribution in [0.2, 0.25) is 0 Å². The van der Waals surface area contributed by atoms with Crippen molar-refractivity contribution in [1.82, 2.24) is 14.9 Å². The zero-order valence-electron chi connectivity index (χ0n) is 25.3. The number of carboxylic acid groups (broad SMARTS) is 1. The molecule has 0 atom stereocenters. The van der Waals surface area contributed by atoms with Gasteiger partial charge in [0, 0.05) is 30.8 Å². The number of pyridine rings is 2. The molecule has 1 aliphatic heterocycles. The second kappa shape index (κ2) is 14.2. The van der Waals surface area contributed by atoms with E-state index in [4.69, 9.17) is 19.3 Å². The second-order valence-corrected chi connectivity index (χ2v) is 11.5. The van der Waals surface area contributed by atoms with E-state index < -0.39 is 29.2 Å². The van der Waals surface area contributed by atoms with E-state index in [1.54, 1.807) is 24.3 Å². The van der Waals surface area contributed by atoms with Crippen molar-refractivity contribution in [2.45, 2.75) is 16.5 Å². The molecule has 48 heavy (non-hydrogen) atoms. The Morgan fingerprint density at radius 1 is 0.979 bits per heavy atom. The molecule has 10 nitrogen and oxygen atoms in total. The maximum atomic E-state index is 16.0. The number of aromatic nitrogens is 2. The van der Waals surface area contributed by atoms with Crippen LogP contribution >= 0.6 is 11.8 Å². The largest absolute Gasteiger partial charge is 0.485 e. The molecule has 6 rings (SSSR count). The van der Waals surface area contributed by atoms with E-state index in [1.165, 1.54) is 42.2 Å². The summed E-state index contributed by atoms with van der Waals surface area (Å²) >= 11 is 1.27. The number of carbonyl (C=O) groups is 1. The highest BCUT2D eigenvalue weighted by Crippen LogP contribution is 2.39. The number of carboxylic acids is 1. The minimum atomic E-state index is -1.21. The van der Waals surface area contributed by atoms with E-state index in [2.05, 4.69) is 15.0 Å². The molecule has 13 heteroatoms. The number of halogens is 2. The van der Waals surface area contributed by atoms with Gasteiger partial charge in [-0.3, -0.25) is 4.99 Å². The van der Waals surface area contributed by atoms with E-state index in [1.807, 2.05) is 48.3 Å². The first kappa shape index (κ1) is 32.0. The first-order chi connectivity index (χ1) is 23.3. The zero-order valence-corrected chi connectivity index (χ0v) is 26.1. The monoisotopic (exact) mass is 665 g/mol. The topological polar surface area (TPSA) is 130 Å². The third-order valence-corrected chi connectivity index (χ3v) is 8.02. The lowest BCUT2D eigenvalue weighted by molar-refractivity contribution is 0.0696. The summed E-state index contributed by atoms with van der Waals surface area (Å²) in [6.07, 6.45) is 2.05. The Bertz CT molecular complexity index is 2060. The number of rotatable bonds is 11. The van der Waals surface area contributed by atoms with Crippen LogP contribution < -0.4 is 14.2 Å². The van der Waals surface area contributed by atoms with E-state index in [-0.39, 0.29) is 35.0 Å². The van der Waals surface area contributed by atoms with Crippen molar-refractivity contribution in [1.29, 1.82) is 5.26 Å². The lowest BCUT2D eigenvalue weighted by atomic mass is 10.1. The number of hydrogen-bond acceptors (Lipinski definition) is 10. The molecular formula is C35H25F2N5O5S. The summed E-state index contributed by atoms with van der Waals surface area (Å²) in [5.74, 6) is -3.81. The Morgan fingerprint density at radius 3 is 2.50 bits per heavy atom. The maximum absolute atomic E-state index is 16.0. The molecule has 0 unspecified atom stereocenters. The third kappa shape index (κ3) is 7.19. The fourth-order valence-corrected chi connectivity index (χ4v) is 5.47. The van der Waals surface area contributed by atoms with Crippen molar-refractivity contribution < 1.29 is 32.9 Å². The molecule has 3 aromatic carbocycles. The fraction of sp³-hybridized carbons (Fsp3) is 0.114. The Kier molecular flexibility index (Phi) is 9.45. The van der Waals surface area contributed by atoms with Crippen LogP contribution in [-0.2, 0) is 6.61 Å². The van der Waals surface area contributed by atoms with Gasteiger partial charge in [0.1, 0.15) is 23.2 Å². The van der Waals surface area contributed by atoms with Crippen LogP contribution in [0.1, 0.15) is 27.0 Å². The molecule has 5 aromatic rings. The Morgan fingerprint density at radius 2 is 1.79 bits per heavy atom. The number of hydrogen-bond donors (Lipinski definition) is 1. The van der Waals surface area contributed by atoms with Crippen molar-refractivity contribution in [2.24, 2.45) is 4.99 Å². The van der Waals surface area contributed by atoms with E-state index >= 15 is 8.78 Å². The second-order valence-electron chi connectivity index (χ2n) is 10.4. The first-order valence-electron chi connectivity index (χ1n) is 14.5. The molecule has 1 N–H and O–H groups in total. The van der Waals surface area contributed by atoms with Gasteiger partial charge >= 0.3 is 5.97 Å². The number of nitrogens with zero attached hydrogens (tertiary/aromatic N) is 5. The minimum Gasteiger partial charge on any atom is -0.485 e.